The van der Waals surface area contributed by atoms with E-state index in [0.717, 1.165) is 12.3 Å². The van der Waals surface area contributed by atoms with Gasteiger partial charge in [0.2, 0.25) is 11.7 Å². The van der Waals surface area contributed by atoms with E-state index in [1.54, 1.807) is 24.3 Å². The molecule has 0 bridgehead atoms. The third-order valence-electron chi connectivity index (χ3n) is 2.49. The first-order valence-corrected chi connectivity index (χ1v) is 6.26. The van der Waals surface area contributed by atoms with E-state index in [0.29, 0.717) is 5.56 Å². The number of benzene rings is 2. The van der Waals surface area contributed by atoms with E-state index in [1.807, 2.05) is 6.07 Å². The van der Waals surface area contributed by atoms with Crippen molar-refractivity contribution in [1.29, 1.82) is 5.41 Å². The Hall–Kier alpha value is -2.93. The Kier molecular flexibility index (Phi) is 6.03. The van der Waals surface area contributed by atoms with Gasteiger partial charge in [0.25, 0.3) is 0 Å². The normalized spacial score (nSPS) is 9.32. The molecule has 2 aromatic rings. The largest absolute Gasteiger partial charge is 0.502 e. The highest BCUT2D eigenvalue weighted by atomic mass is 35.5. The third kappa shape index (κ3) is 4.57. The van der Waals surface area contributed by atoms with Crippen molar-refractivity contribution in [3.8, 4) is 5.75 Å². The summed E-state index contributed by atoms with van der Waals surface area (Å²) in [7, 11) is 0. The van der Waals surface area contributed by atoms with Crippen LogP contribution in [0.2, 0.25) is 5.02 Å². The number of nitro groups is 1. The summed E-state index contributed by atoms with van der Waals surface area (Å²) in [5.41, 5.74) is 5.06. The van der Waals surface area contributed by atoms with Gasteiger partial charge in [-0.25, -0.2) is 0 Å². The maximum absolute atomic E-state index is 10.4. The first-order valence-electron chi connectivity index (χ1n) is 5.89. The zero-order valence-corrected chi connectivity index (χ0v) is 11.9. The van der Waals surface area contributed by atoms with Crippen LogP contribution in [0.4, 0.5) is 5.69 Å². The molecule has 1 amide bonds. The maximum Gasteiger partial charge on any atom is 0.312 e. The van der Waals surface area contributed by atoms with Crippen molar-refractivity contribution in [2.75, 3.05) is 0 Å². The van der Waals surface area contributed by atoms with Gasteiger partial charge < -0.3 is 16.2 Å². The van der Waals surface area contributed by atoms with Crippen molar-refractivity contribution in [1.82, 2.24) is 0 Å². The minimum absolute atomic E-state index is 0.0270. The molecule has 0 aromatic heterocycles. The van der Waals surface area contributed by atoms with Gasteiger partial charge in [-0.2, -0.15) is 0 Å². The van der Waals surface area contributed by atoms with Crippen LogP contribution in [0.15, 0.2) is 42.5 Å². The van der Waals surface area contributed by atoms with Gasteiger partial charge >= 0.3 is 5.69 Å². The molecular weight excluding hydrogens is 310 g/mol. The molecule has 0 radical (unpaired) electrons. The molecule has 2 rings (SSSR count). The highest BCUT2D eigenvalue weighted by Gasteiger charge is 2.17. The van der Waals surface area contributed by atoms with Crippen LogP contribution >= 0.6 is 11.6 Å². The molecule has 0 heterocycles. The average molecular weight is 322 g/mol. The number of nitrogens with one attached hydrogen (secondary N) is 1. The van der Waals surface area contributed by atoms with Crippen molar-refractivity contribution >= 4 is 29.4 Å². The second-order valence-electron chi connectivity index (χ2n) is 3.99. The second-order valence-corrected chi connectivity index (χ2v) is 4.43. The maximum atomic E-state index is 10.4. The third-order valence-corrected chi connectivity index (χ3v) is 2.71. The zero-order chi connectivity index (χ0) is 16.7. The molecule has 0 unspecified atom stereocenters. The number of carbonyl (C=O) groups is 1. The lowest BCUT2D eigenvalue weighted by molar-refractivity contribution is -0.385. The summed E-state index contributed by atoms with van der Waals surface area (Å²) >= 11 is 5.53. The lowest BCUT2D eigenvalue weighted by Gasteiger charge is -1.99. The number of rotatable bonds is 3. The quantitative estimate of drug-likeness (QED) is 0.455. The summed E-state index contributed by atoms with van der Waals surface area (Å²) in [6.45, 7) is 0. The molecule has 2 aromatic carbocycles. The smallest absolute Gasteiger partial charge is 0.312 e. The van der Waals surface area contributed by atoms with Crippen molar-refractivity contribution < 1.29 is 14.8 Å². The van der Waals surface area contributed by atoms with E-state index in [-0.39, 0.29) is 16.5 Å². The molecule has 0 saturated heterocycles. The summed E-state index contributed by atoms with van der Waals surface area (Å²) in [4.78, 5) is 20.0. The van der Waals surface area contributed by atoms with Crippen molar-refractivity contribution in [3.63, 3.8) is 0 Å². The summed E-state index contributed by atoms with van der Waals surface area (Å²) in [5.74, 6) is -0.917. The van der Waals surface area contributed by atoms with Gasteiger partial charge in [-0.3, -0.25) is 14.9 Å². The van der Waals surface area contributed by atoms with Crippen molar-refractivity contribution in [3.05, 3.63) is 68.7 Å². The Labute approximate surface area is 130 Å². The molecule has 0 saturated carbocycles. The predicted molar refractivity (Wildman–Crippen MR) is 82.6 cm³/mol. The summed E-state index contributed by atoms with van der Waals surface area (Å²) < 4.78 is 0. The van der Waals surface area contributed by atoms with E-state index < -0.39 is 16.4 Å². The molecular formula is C14H12ClN3O4. The Bertz CT molecular complexity index is 705. The minimum atomic E-state index is -0.756. The fourth-order valence-electron chi connectivity index (χ4n) is 1.46. The van der Waals surface area contributed by atoms with Gasteiger partial charge in [0.1, 0.15) is 0 Å². The van der Waals surface area contributed by atoms with Crippen LogP contribution < -0.4 is 5.73 Å². The molecule has 8 heteroatoms. The van der Waals surface area contributed by atoms with E-state index in [2.05, 4.69) is 0 Å². The molecule has 0 atom stereocenters. The molecule has 0 aliphatic heterocycles. The van der Waals surface area contributed by atoms with Crippen molar-refractivity contribution in [2.45, 2.75) is 0 Å². The van der Waals surface area contributed by atoms with Gasteiger partial charge in [0.05, 0.1) is 4.92 Å². The van der Waals surface area contributed by atoms with Crippen LogP contribution in [0.3, 0.4) is 0 Å². The highest BCUT2D eigenvalue weighted by molar-refractivity contribution is 6.31. The van der Waals surface area contributed by atoms with Crippen LogP contribution in [0.25, 0.3) is 0 Å². The molecule has 7 nitrogen and oxygen atoms in total. The lowest BCUT2D eigenvalue weighted by atomic mass is 10.2. The first kappa shape index (κ1) is 17.1. The zero-order valence-electron chi connectivity index (χ0n) is 11.2. The number of nitrogens with two attached hydrogens (primary N) is 1. The standard InChI is InChI=1S/C7H5ClN2O3.C7H7NO/c8-5-1-4(3-9)7(11)6(2-5)10(12)13;8-7(9)6-4-2-1-3-5-6/h1-3,9,11H;1-5H,(H2,8,9). The van der Waals surface area contributed by atoms with E-state index in [4.69, 9.17) is 22.7 Å². The Morgan fingerprint density at radius 2 is 1.91 bits per heavy atom. The first-order chi connectivity index (χ1) is 10.4. The fraction of sp³-hybridized carbons (Fsp3) is 0. The number of phenolic OH excluding ortho intramolecular Hbond substituents is 1. The topological polar surface area (TPSA) is 130 Å². The predicted octanol–water partition coefficient (Wildman–Crippen LogP) is 2.74. The summed E-state index contributed by atoms with van der Waals surface area (Å²) in [5, 5.41) is 26.6. The van der Waals surface area contributed by atoms with E-state index in [9.17, 15) is 20.0 Å². The van der Waals surface area contributed by atoms with Crippen molar-refractivity contribution in [2.24, 2.45) is 5.73 Å². The second kappa shape index (κ2) is 7.75. The van der Waals surface area contributed by atoms with Gasteiger partial charge in [-0.1, -0.05) is 29.8 Å². The van der Waals surface area contributed by atoms with Gasteiger partial charge in [-0.05, 0) is 18.2 Å². The van der Waals surface area contributed by atoms with E-state index >= 15 is 0 Å². The number of primary amides is 1. The van der Waals surface area contributed by atoms with Crippen LogP contribution in [0.1, 0.15) is 15.9 Å². The molecule has 22 heavy (non-hydrogen) atoms. The molecule has 0 aliphatic carbocycles. The van der Waals surface area contributed by atoms with Crippen LogP contribution in [0, 0.1) is 15.5 Å². The number of phenols is 1. The van der Waals surface area contributed by atoms with Gasteiger partial charge in [0, 0.05) is 28.4 Å². The molecule has 0 spiro atoms. The number of nitrogens with zero attached hydrogens (tertiary/aromatic N) is 1. The average Bonchev–Trinajstić information content (AvgIpc) is 2.50. The van der Waals surface area contributed by atoms with Crippen LogP contribution in [-0.4, -0.2) is 22.2 Å². The Morgan fingerprint density at radius 3 is 2.32 bits per heavy atom. The molecule has 0 aliphatic rings. The monoisotopic (exact) mass is 321 g/mol. The Morgan fingerprint density at radius 1 is 1.32 bits per heavy atom. The summed E-state index contributed by atoms with van der Waals surface area (Å²) in [6.07, 6.45) is 0.800. The van der Waals surface area contributed by atoms with Crippen LogP contribution in [-0.2, 0) is 0 Å². The Balaban J connectivity index is 0.000000235. The molecule has 4 N–H and O–H groups in total. The molecule has 114 valence electrons. The number of carbonyl (C=O) groups excluding carboxylic acids is 1. The number of hydrogen-bond acceptors (Lipinski definition) is 5. The summed E-state index contributed by atoms with van der Waals surface area (Å²) in [6, 6.07) is 11.1. The highest BCUT2D eigenvalue weighted by Crippen LogP contribution is 2.31. The SMILES string of the molecule is N=Cc1cc(Cl)cc([N+](=O)[O-])c1O.NC(=O)c1ccccc1. The number of halogens is 1. The molecule has 0 fully saturated rings. The van der Waals surface area contributed by atoms with Crippen LogP contribution in [0.5, 0.6) is 5.75 Å². The number of amides is 1. The van der Waals surface area contributed by atoms with Gasteiger partial charge in [0.15, 0.2) is 0 Å². The number of aromatic hydroxyl groups is 1. The number of hydrogen-bond donors (Lipinski definition) is 3. The van der Waals surface area contributed by atoms with E-state index in [1.165, 1.54) is 6.07 Å². The fourth-order valence-corrected chi connectivity index (χ4v) is 1.68. The lowest BCUT2D eigenvalue weighted by Crippen LogP contribution is -2.09. The van der Waals surface area contributed by atoms with Gasteiger partial charge in [-0.15, -0.1) is 0 Å². The minimum Gasteiger partial charge on any atom is -0.502 e. The number of nitro benzene ring substituents is 1.